The van der Waals surface area contributed by atoms with Gasteiger partial charge in [-0.25, -0.2) is 4.98 Å². The van der Waals surface area contributed by atoms with Crippen LogP contribution in [0.25, 0.3) is 11.3 Å². The molecule has 8 nitrogen and oxygen atoms in total. The summed E-state index contributed by atoms with van der Waals surface area (Å²) in [4.78, 5) is 28.1. The molecule has 0 saturated carbocycles. The van der Waals surface area contributed by atoms with Gasteiger partial charge in [-0.05, 0) is 12.0 Å². The van der Waals surface area contributed by atoms with Crippen LogP contribution in [0.2, 0.25) is 0 Å². The minimum Gasteiger partial charge on any atom is -0.480 e. The second-order valence-corrected chi connectivity index (χ2v) is 5.84. The summed E-state index contributed by atoms with van der Waals surface area (Å²) >= 11 is 0. The van der Waals surface area contributed by atoms with E-state index in [2.05, 4.69) is 15.4 Å². The fraction of sp³-hybridized carbons (Fsp3) is 0.222. The van der Waals surface area contributed by atoms with Crippen LogP contribution in [0.1, 0.15) is 5.56 Å². The first-order chi connectivity index (χ1) is 12.5. The minimum atomic E-state index is -1.10. The van der Waals surface area contributed by atoms with Gasteiger partial charge in [0.2, 0.25) is 0 Å². The highest BCUT2D eigenvalue weighted by molar-refractivity contribution is 5.68. The second-order valence-electron chi connectivity index (χ2n) is 5.84. The molecule has 0 fully saturated rings. The Morgan fingerprint density at radius 1 is 1.23 bits per heavy atom. The van der Waals surface area contributed by atoms with E-state index in [-0.39, 0.29) is 5.82 Å². The topological polar surface area (TPSA) is 102 Å². The van der Waals surface area contributed by atoms with Gasteiger partial charge in [0, 0.05) is 25.4 Å². The molecule has 0 atom stereocenters. The Labute approximate surface area is 149 Å². The van der Waals surface area contributed by atoms with Crippen LogP contribution < -0.4 is 10.9 Å². The summed E-state index contributed by atoms with van der Waals surface area (Å²) < 4.78 is 2.77. The molecule has 8 heteroatoms. The van der Waals surface area contributed by atoms with Gasteiger partial charge >= 0.3 is 5.97 Å². The van der Waals surface area contributed by atoms with E-state index in [1.807, 2.05) is 30.3 Å². The van der Waals surface area contributed by atoms with Gasteiger partial charge in [-0.15, -0.1) is 0 Å². The van der Waals surface area contributed by atoms with Gasteiger partial charge in [0.25, 0.3) is 5.56 Å². The lowest BCUT2D eigenvalue weighted by Gasteiger charge is -2.12. The molecule has 134 valence electrons. The van der Waals surface area contributed by atoms with E-state index >= 15 is 0 Å². The van der Waals surface area contributed by atoms with Crippen molar-refractivity contribution in [2.24, 2.45) is 7.05 Å². The number of carbonyl (C=O) groups is 1. The zero-order valence-electron chi connectivity index (χ0n) is 14.3. The van der Waals surface area contributed by atoms with Crippen LogP contribution in [0.5, 0.6) is 0 Å². The predicted octanol–water partition coefficient (Wildman–Crippen LogP) is 1.38. The summed E-state index contributed by atoms with van der Waals surface area (Å²) in [5.74, 6) is -0.964. The number of rotatable bonds is 7. The molecule has 2 aromatic heterocycles. The Balaban J connectivity index is 1.85. The number of carboxylic acids is 1. The monoisotopic (exact) mass is 353 g/mol. The Kier molecular flexibility index (Phi) is 5.12. The number of aliphatic carboxylic acids is 1. The van der Waals surface area contributed by atoms with Gasteiger partial charge in [0.1, 0.15) is 6.54 Å². The molecule has 2 N–H and O–H groups in total. The van der Waals surface area contributed by atoms with Crippen LogP contribution in [0.4, 0.5) is 5.82 Å². The van der Waals surface area contributed by atoms with Crippen LogP contribution >= 0.6 is 0 Å². The minimum absolute atomic E-state index is 0.134. The third-order valence-electron chi connectivity index (χ3n) is 3.90. The van der Waals surface area contributed by atoms with Gasteiger partial charge in [-0.3, -0.25) is 18.8 Å². The molecule has 0 aliphatic carbocycles. The molecule has 0 amide bonds. The molecule has 0 unspecified atom stereocenters. The van der Waals surface area contributed by atoms with Crippen molar-refractivity contribution in [3.8, 4) is 11.3 Å². The Hall–Kier alpha value is -3.42. The van der Waals surface area contributed by atoms with E-state index in [1.54, 1.807) is 24.1 Å². The summed E-state index contributed by atoms with van der Waals surface area (Å²) in [6.45, 7) is 0.0739. The van der Waals surface area contributed by atoms with Crippen molar-refractivity contribution < 1.29 is 9.90 Å². The van der Waals surface area contributed by atoms with Crippen molar-refractivity contribution in [3.05, 3.63) is 64.8 Å². The quantitative estimate of drug-likeness (QED) is 0.665. The lowest BCUT2D eigenvalue weighted by atomic mass is 10.1. The molecule has 0 radical (unpaired) electrons. The summed E-state index contributed by atoms with van der Waals surface area (Å²) in [5, 5.41) is 16.2. The number of hydrogen-bond acceptors (Lipinski definition) is 5. The van der Waals surface area contributed by atoms with Crippen LogP contribution in [0.3, 0.4) is 0 Å². The molecule has 26 heavy (non-hydrogen) atoms. The SMILES string of the molecule is Cn1cc(-c2cnc(NCCc3ccccc3)c(=O)n2CC(=O)O)cn1. The highest BCUT2D eigenvalue weighted by Gasteiger charge is 2.15. The number of anilines is 1. The number of nitrogens with one attached hydrogen (secondary N) is 1. The van der Waals surface area contributed by atoms with Gasteiger partial charge < -0.3 is 10.4 Å². The summed E-state index contributed by atoms with van der Waals surface area (Å²) in [7, 11) is 1.75. The van der Waals surface area contributed by atoms with E-state index < -0.39 is 18.1 Å². The first-order valence-corrected chi connectivity index (χ1v) is 8.13. The van der Waals surface area contributed by atoms with Crippen molar-refractivity contribution in [1.29, 1.82) is 0 Å². The molecular weight excluding hydrogens is 334 g/mol. The molecule has 3 aromatic rings. The molecule has 0 spiro atoms. The largest absolute Gasteiger partial charge is 0.480 e. The Bertz CT molecular complexity index is 962. The molecule has 0 bridgehead atoms. The third kappa shape index (κ3) is 3.97. The maximum absolute atomic E-state index is 12.7. The van der Waals surface area contributed by atoms with E-state index in [0.29, 0.717) is 17.8 Å². The Morgan fingerprint density at radius 2 is 2.00 bits per heavy atom. The molecule has 2 heterocycles. The molecule has 0 saturated heterocycles. The third-order valence-corrected chi connectivity index (χ3v) is 3.90. The van der Waals surface area contributed by atoms with Crippen LogP contribution in [-0.4, -0.2) is 37.0 Å². The number of hydrogen-bond donors (Lipinski definition) is 2. The van der Waals surface area contributed by atoms with Crippen molar-refractivity contribution in [2.45, 2.75) is 13.0 Å². The van der Waals surface area contributed by atoms with Gasteiger partial charge in [-0.2, -0.15) is 5.10 Å². The molecule has 0 aliphatic heterocycles. The lowest BCUT2D eigenvalue weighted by Crippen LogP contribution is -2.29. The van der Waals surface area contributed by atoms with E-state index in [0.717, 1.165) is 12.0 Å². The van der Waals surface area contributed by atoms with Crippen molar-refractivity contribution >= 4 is 11.8 Å². The number of carboxylic acid groups (broad SMARTS) is 1. The molecule has 1 aromatic carbocycles. The van der Waals surface area contributed by atoms with E-state index in [9.17, 15) is 9.59 Å². The Morgan fingerprint density at radius 3 is 2.65 bits per heavy atom. The average Bonchev–Trinajstić information content (AvgIpc) is 3.05. The lowest BCUT2D eigenvalue weighted by molar-refractivity contribution is -0.137. The molecule has 3 rings (SSSR count). The fourth-order valence-corrected chi connectivity index (χ4v) is 2.66. The van der Waals surface area contributed by atoms with Crippen LogP contribution in [0.15, 0.2) is 53.7 Å². The smallest absolute Gasteiger partial charge is 0.323 e. The van der Waals surface area contributed by atoms with E-state index in [4.69, 9.17) is 5.11 Å². The summed E-state index contributed by atoms with van der Waals surface area (Å²) in [6.07, 6.45) is 5.49. The van der Waals surface area contributed by atoms with Crippen molar-refractivity contribution in [2.75, 3.05) is 11.9 Å². The van der Waals surface area contributed by atoms with Gasteiger partial charge in [0.05, 0.1) is 18.1 Å². The van der Waals surface area contributed by atoms with Crippen LogP contribution in [-0.2, 0) is 24.8 Å². The zero-order valence-corrected chi connectivity index (χ0v) is 14.3. The molecule has 0 aliphatic rings. The highest BCUT2D eigenvalue weighted by atomic mass is 16.4. The summed E-state index contributed by atoms with van der Waals surface area (Å²) in [6, 6.07) is 9.86. The first kappa shape index (κ1) is 17.4. The van der Waals surface area contributed by atoms with Crippen LogP contribution in [0, 0.1) is 0 Å². The standard InChI is InChI=1S/C18H19N5O3/c1-22-11-14(9-21-22)15-10-20-17(18(26)23(15)12-16(24)25)19-8-7-13-5-3-2-4-6-13/h2-6,9-11H,7-8,12H2,1H3,(H,19,20)(H,24,25). The average molecular weight is 353 g/mol. The van der Waals surface area contributed by atoms with E-state index in [1.165, 1.54) is 10.8 Å². The number of nitrogens with zero attached hydrogens (tertiary/aromatic N) is 4. The number of benzene rings is 1. The maximum Gasteiger partial charge on any atom is 0.323 e. The normalized spacial score (nSPS) is 10.7. The number of aromatic nitrogens is 4. The highest BCUT2D eigenvalue weighted by Crippen LogP contribution is 2.17. The zero-order chi connectivity index (χ0) is 18.5. The first-order valence-electron chi connectivity index (χ1n) is 8.13. The second kappa shape index (κ2) is 7.64. The molecular formula is C18H19N5O3. The van der Waals surface area contributed by atoms with Crippen molar-refractivity contribution in [3.63, 3.8) is 0 Å². The number of aryl methyl sites for hydroxylation is 1. The van der Waals surface area contributed by atoms with Gasteiger partial charge in [-0.1, -0.05) is 30.3 Å². The van der Waals surface area contributed by atoms with Crippen molar-refractivity contribution in [1.82, 2.24) is 19.3 Å². The maximum atomic E-state index is 12.7. The summed E-state index contributed by atoms with van der Waals surface area (Å²) in [5.41, 5.74) is 1.72. The van der Waals surface area contributed by atoms with Gasteiger partial charge in [0.15, 0.2) is 5.82 Å². The fourth-order valence-electron chi connectivity index (χ4n) is 2.66. The predicted molar refractivity (Wildman–Crippen MR) is 97.0 cm³/mol.